The molecular formula is C23H14F4O2S. The summed E-state index contributed by atoms with van der Waals surface area (Å²) in [5, 5.41) is 10.0. The highest BCUT2D eigenvalue weighted by atomic mass is 32.1. The van der Waals surface area contributed by atoms with Crippen molar-refractivity contribution in [1.82, 2.24) is 0 Å². The van der Waals surface area contributed by atoms with E-state index in [1.54, 1.807) is 18.2 Å². The van der Waals surface area contributed by atoms with Crippen LogP contribution in [0.4, 0.5) is 17.6 Å². The van der Waals surface area contributed by atoms with Crippen molar-refractivity contribution in [2.75, 3.05) is 0 Å². The number of carboxylic acids is 1. The van der Waals surface area contributed by atoms with E-state index in [4.69, 9.17) is 0 Å². The van der Waals surface area contributed by atoms with Gasteiger partial charge in [-0.2, -0.15) is 13.2 Å². The van der Waals surface area contributed by atoms with E-state index in [-0.39, 0.29) is 11.1 Å². The zero-order valence-corrected chi connectivity index (χ0v) is 16.2. The van der Waals surface area contributed by atoms with Gasteiger partial charge in [-0.1, -0.05) is 36.4 Å². The van der Waals surface area contributed by atoms with Crippen LogP contribution in [0.15, 0.2) is 66.7 Å². The molecule has 0 fully saturated rings. The smallest absolute Gasteiger partial charge is 0.416 e. The minimum absolute atomic E-state index is 0.0239. The predicted octanol–water partition coefficient (Wildman–Crippen LogP) is 7.02. The minimum Gasteiger partial charge on any atom is -0.478 e. The van der Waals surface area contributed by atoms with E-state index in [1.165, 1.54) is 29.5 Å². The fraction of sp³-hybridized carbons (Fsp3) is 0.0870. The minimum atomic E-state index is -4.41. The maximum atomic E-state index is 14.5. The van der Waals surface area contributed by atoms with E-state index in [0.717, 1.165) is 33.2 Å². The first-order chi connectivity index (χ1) is 14.2. The van der Waals surface area contributed by atoms with Gasteiger partial charge in [0.25, 0.3) is 0 Å². The second-order valence-corrected chi connectivity index (χ2v) is 7.95. The zero-order valence-electron chi connectivity index (χ0n) is 15.3. The Bertz CT molecular complexity index is 1260. The highest BCUT2D eigenvalue weighted by Gasteiger charge is 2.30. The molecule has 0 aliphatic carbocycles. The van der Waals surface area contributed by atoms with E-state index in [1.807, 2.05) is 12.1 Å². The number of alkyl halides is 3. The summed E-state index contributed by atoms with van der Waals surface area (Å²) in [5.41, 5.74) is 0.525. The first-order valence-corrected chi connectivity index (χ1v) is 9.75. The van der Waals surface area contributed by atoms with Gasteiger partial charge in [0, 0.05) is 27.1 Å². The summed E-state index contributed by atoms with van der Waals surface area (Å²) in [6.07, 6.45) is -4.10. The molecule has 1 heterocycles. The summed E-state index contributed by atoms with van der Waals surface area (Å²) in [6.45, 7) is 0. The van der Waals surface area contributed by atoms with Crippen LogP contribution in [-0.2, 0) is 12.6 Å². The Morgan fingerprint density at radius 1 is 0.933 bits per heavy atom. The third-order valence-corrected chi connectivity index (χ3v) is 5.92. The molecule has 0 amide bonds. The molecule has 7 heteroatoms. The number of rotatable bonds is 4. The Morgan fingerprint density at radius 2 is 1.70 bits per heavy atom. The van der Waals surface area contributed by atoms with Gasteiger partial charge in [-0.25, -0.2) is 9.18 Å². The highest BCUT2D eigenvalue weighted by Crippen LogP contribution is 2.37. The predicted molar refractivity (Wildman–Crippen MR) is 108 cm³/mol. The number of aromatic carboxylic acids is 1. The average molecular weight is 430 g/mol. The third-order valence-electron chi connectivity index (χ3n) is 4.73. The number of carbonyl (C=O) groups is 1. The Kier molecular flexibility index (Phi) is 5.07. The molecule has 0 unspecified atom stereocenters. The van der Waals surface area contributed by atoms with Gasteiger partial charge in [0.1, 0.15) is 5.82 Å². The number of hydrogen-bond donors (Lipinski definition) is 1. The standard InChI is InChI=1S/C23H14F4O2S/c24-20-8-7-15(22(28)29)12-19(20)18-6-2-4-14-11-17(30-21(14)18)10-13-3-1-5-16(9-13)23(25,26)27/h1-9,11-12H,10H2,(H,28,29). The Morgan fingerprint density at radius 3 is 2.43 bits per heavy atom. The summed E-state index contributed by atoms with van der Waals surface area (Å²) in [5.74, 6) is -1.69. The van der Waals surface area contributed by atoms with Crippen LogP contribution in [0.25, 0.3) is 21.2 Å². The lowest BCUT2D eigenvalue weighted by molar-refractivity contribution is -0.137. The molecule has 152 valence electrons. The Balaban J connectivity index is 1.75. The van der Waals surface area contributed by atoms with E-state index in [0.29, 0.717) is 17.5 Å². The van der Waals surface area contributed by atoms with Crippen LogP contribution < -0.4 is 0 Å². The average Bonchev–Trinajstić information content (AvgIpc) is 3.10. The molecule has 0 saturated carbocycles. The van der Waals surface area contributed by atoms with Crippen molar-refractivity contribution >= 4 is 27.4 Å². The molecule has 0 aliphatic heterocycles. The van der Waals surface area contributed by atoms with Crippen molar-refractivity contribution in [2.24, 2.45) is 0 Å². The molecule has 1 N–H and O–H groups in total. The molecule has 0 bridgehead atoms. The van der Waals surface area contributed by atoms with Gasteiger partial charge in [0.05, 0.1) is 11.1 Å². The van der Waals surface area contributed by atoms with E-state index in [2.05, 4.69) is 0 Å². The molecule has 30 heavy (non-hydrogen) atoms. The molecule has 2 nitrogen and oxygen atoms in total. The second-order valence-electron chi connectivity index (χ2n) is 6.81. The molecule has 0 saturated heterocycles. The number of benzene rings is 3. The number of carboxylic acid groups (broad SMARTS) is 1. The highest BCUT2D eigenvalue weighted by molar-refractivity contribution is 7.19. The monoisotopic (exact) mass is 430 g/mol. The van der Waals surface area contributed by atoms with Gasteiger partial charge in [0.2, 0.25) is 0 Å². The zero-order chi connectivity index (χ0) is 21.5. The van der Waals surface area contributed by atoms with Crippen molar-refractivity contribution in [3.8, 4) is 11.1 Å². The Labute approximate surface area is 173 Å². The maximum absolute atomic E-state index is 14.5. The van der Waals surface area contributed by atoms with Crippen LogP contribution in [0.5, 0.6) is 0 Å². The molecule has 4 rings (SSSR count). The van der Waals surface area contributed by atoms with Crippen LogP contribution in [0.3, 0.4) is 0 Å². The quantitative estimate of drug-likeness (QED) is 0.354. The van der Waals surface area contributed by atoms with Gasteiger partial charge >= 0.3 is 12.1 Å². The summed E-state index contributed by atoms with van der Waals surface area (Å²) >= 11 is 1.35. The Hall–Kier alpha value is -3.19. The largest absolute Gasteiger partial charge is 0.478 e. The van der Waals surface area contributed by atoms with Crippen LogP contribution in [0.2, 0.25) is 0 Å². The molecule has 1 aromatic heterocycles. The van der Waals surface area contributed by atoms with Gasteiger partial charge in [-0.15, -0.1) is 11.3 Å². The summed E-state index contributed by atoms with van der Waals surface area (Å²) in [7, 11) is 0. The lowest BCUT2D eigenvalue weighted by Crippen LogP contribution is -2.05. The number of fused-ring (bicyclic) bond motifs is 1. The van der Waals surface area contributed by atoms with Crippen molar-refractivity contribution in [2.45, 2.75) is 12.6 Å². The molecule has 0 atom stereocenters. The molecule has 0 spiro atoms. The topological polar surface area (TPSA) is 37.3 Å². The first-order valence-electron chi connectivity index (χ1n) is 8.93. The van der Waals surface area contributed by atoms with E-state index in [9.17, 15) is 27.5 Å². The first kappa shape index (κ1) is 20.1. The molecule has 4 aromatic rings. The van der Waals surface area contributed by atoms with E-state index >= 15 is 0 Å². The molecule has 0 radical (unpaired) electrons. The van der Waals surface area contributed by atoms with Gasteiger partial charge in [-0.3, -0.25) is 0 Å². The van der Waals surface area contributed by atoms with Crippen LogP contribution in [-0.4, -0.2) is 11.1 Å². The summed E-state index contributed by atoms with van der Waals surface area (Å²) in [4.78, 5) is 12.1. The van der Waals surface area contributed by atoms with Crippen molar-refractivity contribution in [3.63, 3.8) is 0 Å². The maximum Gasteiger partial charge on any atom is 0.416 e. The molecular weight excluding hydrogens is 416 g/mol. The lowest BCUT2D eigenvalue weighted by Gasteiger charge is -2.08. The fourth-order valence-electron chi connectivity index (χ4n) is 3.34. The van der Waals surface area contributed by atoms with Gasteiger partial charge in [-0.05, 0) is 41.3 Å². The van der Waals surface area contributed by atoms with Crippen LogP contribution in [0, 0.1) is 5.82 Å². The van der Waals surface area contributed by atoms with Crippen molar-refractivity contribution in [1.29, 1.82) is 0 Å². The fourth-order valence-corrected chi connectivity index (χ4v) is 4.56. The SMILES string of the molecule is O=C(O)c1ccc(F)c(-c2cccc3cc(Cc4cccc(C(F)(F)F)c4)sc23)c1. The van der Waals surface area contributed by atoms with E-state index < -0.39 is 23.5 Å². The molecule has 3 aromatic carbocycles. The second kappa shape index (κ2) is 7.57. The number of halogens is 4. The molecule has 0 aliphatic rings. The van der Waals surface area contributed by atoms with Gasteiger partial charge < -0.3 is 5.11 Å². The van der Waals surface area contributed by atoms with Gasteiger partial charge in [0.15, 0.2) is 0 Å². The lowest BCUT2D eigenvalue weighted by atomic mass is 10.0. The summed E-state index contributed by atoms with van der Waals surface area (Å²) in [6, 6.07) is 15.9. The van der Waals surface area contributed by atoms with Crippen LogP contribution >= 0.6 is 11.3 Å². The third kappa shape index (κ3) is 3.93. The van der Waals surface area contributed by atoms with Crippen molar-refractivity contribution in [3.05, 3.63) is 94.1 Å². The van der Waals surface area contributed by atoms with Crippen LogP contribution in [0.1, 0.15) is 26.4 Å². The number of hydrogen-bond acceptors (Lipinski definition) is 2. The summed E-state index contributed by atoms with van der Waals surface area (Å²) < 4.78 is 54.1. The number of thiophene rings is 1. The van der Waals surface area contributed by atoms with Crippen molar-refractivity contribution < 1.29 is 27.5 Å². The normalized spacial score (nSPS) is 11.7.